The molecular weight excluding hydrogens is 296 g/mol. The van der Waals surface area contributed by atoms with Gasteiger partial charge in [0.05, 0.1) is 6.26 Å². The molecule has 22 heavy (non-hydrogen) atoms. The lowest BCUT2D eigenvalue weighted by Crippen LogP contribution is -2.41. The monoisotopic (exact) mass is 320 g/mol. The van der Waals surface area contributed by atoms with Gasteiger partial charge in [-0.15, -0.1) is 0 Å². The van der Waals surface area contributed by atoms with E-state index >= 15 is 0 Å². The molecule has 2 aliphatic rings. The van der Waals surface area contributed by atoms with E-state index in [-0.39, 0.29) is 5.91 Å². The van der Waals surface area contributed by atoms with Crippen LogP contribution in [0.2, 0.25) is 0 Å². The molecule has 0 N–H and O–H groups in total. The Kier molecular flexibility index (Phi) is 5.62. The van der Waals surface area contributed by atoms with Crippen molar-refractivity contribution in [3.63, 3.8) is 0 Å². The summed E-state index contributed by atoms with van der Waals surface area (Å²) in [6, 6.07) is 4.42. The summed E-state index contributed by atoms with van der Waals surface area (Å²) in [5.74, 6) is 3.40. The van der Waals surface area contributed by atoms with Crippen LogP contribution in [-0.4, -0.2) is 59.4 Å². The lowest BCUT2D eigenvalue weighted by Gasteiger charge is -2.33. The molecule has 1 aromatic heterocycles. The first kappa shape index (κ1) is 15.7. The van der Waals surface area contributed by atoms with Crippen LogP contribution in [-0.2, 0) is 4.79 Å². The summed E-state index contributed by atoms with van der Waals surface area (Å²) in [5, 5.41) is 0. The van der Waals surface area contributed by atoms with E-state index in [1.165, 1.54) is 24.3 Å². The molecule has 120 valence electrons. The van der Waals surface area contributed by atoms with Crippen molar-refractivity contribution < 1.29 is 9.21 Å². The topological polar surface area (TPSA) is 36.7 Å². The second-order valence-corrected chi connectivity index (χ2v) is 7.13. The van der Waals surface area contributed by atoms with Gasteiger partial charge in [-0.2, -0.15) is 11.8 Å². The van der Waals surface area contributed by atoms with Crippen LogP contribution >= 0.6 is 11.8 Å². The molecule has 3 heterocycles. The molecule has 5 heteroatoms. The highest BCUT2D eigenvalue weighted by atomic mass is 32.2. The number of hydrogen-bond donors (Lipinski definition) is 0. The molecule has 0 bridgehead atoms. The number of thioether (sulfide) groups is 1. The highest BCUT2D eigenvalue weighted by Gasteiger charge is 2.24. The van der Waals surface area contributed by atoms with Gasteiger partial charge in [0.25, 0.3) is 0 Å². The summed E-state index contributed by atoms with van der Waals surface area (Å²) >= 11 is 2.07. The highest BCUT2D eigenvalue weighted by molar-refractivity contribution is 7.99. The Morgan fingerprint density at radius 2 is 2.09 bits per heavy atom. The molecule has 0 atom stereocenters. The molecular formula is C17H24N2O2S. The maximum absolute atomic E-state index is 12.3. The van der Waals surface area contributed by atoms with Crippen molar-refractivity contribution in [2.24, 2.45) is 0 Å². The predicted octanol–water partition coefficient (Wildman–Crippen LogP) is 2.72. The fraction of sp³-hybridized carbons (Fsp3) is 0.588. The maximum Gasteiger partial charge on any atom is 0.246 e. The van der Waals surface area contributed by atoms with E-state index in [1.54, 1.807) is 18.4 Å². The minimum atomic E-state index is 0.0949. The van der Waals surface area contributed by atoms with Crippen LogP contribution in [0.25, 0.3) is 6.08 Å². The van der Waals surface area contributed by atoms with Gasteiger partial charge in [0.2, 0.25) is 5.91 Å². The Hall–Kier alpha value is -1.20. The van der Waals surface area contributed by atoms with Crippen LogP contribution in [0.4, 0.5) is 0 Å². The number of rotatable bonds is 3. The number of amides is 1. The fourth-order valence-electron chi connectivity index (χ4n) is 3.22. The van der Waals surface area contributed by atoms with Gasteiger partial charge in [0, 0.05) is 38.3 Å². The molecule has 0 aromatic carbocycles. The standard InChI is InChI=1S/C17H24N2O2S/c20-17(5-4-16-3-1-12-21-16)19-9-2-8-18(10-11-19)15-6-13-22-14-7-15/h1,3-5,12,15H,2,6-11,13-14H2/b5-4+. The van der Waals surface area contributed by atoms with Gasteiger partial charge in [-0.05, 0) is 49.0 Å². The van der Waals surface area contributed by atoms with Gasteiger partial charge in [-0.25, -0.2) is 0 Å². The molecule has 4 nitrogen and oxygen atoms in total. The molecule has 2 aliphatic heterocycles. The van der Waals surface area contributed by atoms with E-state index in [4.69, 9.17) is 4.42 Å². The van der Waals surface area contributed by atoms with Crippen LogP contribution < -0.4 is 0 Å². The number of carbonyl (C=O) groups excluding carboxylic acids is 1. The van der Waals surface area contributed by atoms with Crippen LogP contribution in [0.1, 0.15) is 25.0 Å². The summed E-state index contributed by atoms with van der Waals surface area (Å²) in [5.41, 5.74) is 0. The Balaban J connectivity index is 1.52. The van der Waals surface area contributed by atoms with E-state index in [2.05, 4.69) is 16.7 Å². The van der Waals surface area contributed by atoms with E-state index in [9.17, 15) is 4.79 Å². The van der Waals surface area contributed by atoms with Crippen molar-refractivity contribution in [3.8, 4) is 0 Å². The average molecular weight is 320 g/mol. The fourth-order valence-corrected chi connectivity index (χ4v) is 4.30. The lowest BCUT2D eigenvalue weighted by molar-refractivity contribution is -0.125. The molecule has 0 radical (unpaired) electrons. The Bertz CT molecular complexity index is 495. The number of carbonyl (C=O) groups is 1. The second kappa shape index (κ2) is 7.88. The number of hydrogen-bond acceptors (Lipinski definition) is 4. The van der Waals surface area contributed by atoms with Crippen molar-refractivity contribution in [1.82, 2.24) is 9.80 Å². The molecule has 0 spiro atoms. The summed E-state index contributed by atoms with van der Waals surface area (Å²) in [6.45, 7) is 3.83. The van der Waals surface area contributed by atoms with Gasteiger partial charge in [0.15, 0.2) is 0 Å². The van der Waals surface area contributed by atoms with Gasteiger partial charge in [-0.3, -0.25) is 9.69 Å². The van der Waals surface area contributed by atoms with Crippen LogP contribution in [0, 0.1) is 0 Å². The third kappa shape index (κ3) is 4.17. The van der Waals surface area contributed by atoms with Crippen LogP contribution in [0.5, 0.6) is 0 Å². The van der Waals surface area contributed by atoms with Crippen molar-refractivity contribution in [2.45, 2.75) is 25.3 Å². The molecule has 3 rings (SSSR count). The zero-order valence-corrected chi connectivity index (χ0v) is 13.8. The number of nitrogens with zero attached hydrogens (tertiary/aromatic N) is 2. The minimum Gasteiger partial charge on any atom is -0.465 e. The third-order valence-electron chi connectivity index (χ3n) is 4.48. The van der Waals surface area contributed by atoms with E-state index in [0.717, 1.165) is 44.4 Å². The van der Waals surface area contributed by atoms with E-state index < -0.39 is 0 Å². The predicted molar refractivity (Wildman–Crippen MR) is 90.9 cm³/mol. The van der Waals surface area contributed by atoms with E-state index in [1.807, 2.05) is 17.0 Å². The Morgan fingerprint density at radius 3 is 2.86 bits per heavy atom. The maximum atomic E-state index is 12.3. The van der Waals surface area contributed by atoms with Gasteiger partial charge in [0.1, 0.15) is 5.76 Å². The van der Waals surface area contributed by atoms with E-state index in [0.29, 0.717) is 0 Å². The summed E-state index contributed by atoms with van der Waals surface area (Å²) in [6.07, 6.45) is 8.68. The Morgan fingerprint density at radius 1 is 1.23 bits per heavy atom. The first-order valence-corrected chi connectivity index (χ1v) is 9.31. The largest absolute Gasteiger partial charge is 0.465 e. The zero-order valence-electron chi connectivity index (χ0n) is 12.9. The molecule has 2 saturated heterocycles. The third-order valence-corrected chi connectivity index (χ3v) is 5.53. The molecule has 0 saturated carbocycles. The van der Waals surface area contributed by atoms with Crippen molar-refractivity contribution >= 4 is 23.7 Å². The molecule has 0 unspecified atom stereocenters. The first-order chi connectivity index (χ1) is 10.8. The van der Waals surface area contributed by atoms with Crippen molar-refractivity contribution in [3.05, 3.63) is 30.2 Å². The summed E-state index contributed by atoms with van der Waals surface area (Å²) < 4.78 is 5.22. The minimum absolute atomic E-state index is 0.0949. The first-order valence-electron chi connectivity index (χ1n) is 8.15. The second-order valence-electron chi connectivity index (χ2n) is 5.91. The quantitative estimate of drug-likeness (QED) is 0.803. The van der Waals surface area contributed by atoms with Crippen LogP contribution in [0.15, 0.2) is 28.9 Å². The zero-order chi connectivity index (χ0) is 15.2. The SMILES string of the molecule is O=C(/C=C/c1ccco1)N1CCCN(C2CCSCC2)CC1. The lowest BCUT2D eigenvalue weighted by atomic mass is 10.1. The van der Waals surface area contributed by atoms with Crippen LogP contribution in [0.3, 0.4) is 0 Å². The van der Waals surface area contributed by atoms with Gasteiger partial charge in [-0.1, -0.05) is 0 Å². The van der Waals surface area contributed by atoms with Crippen molar-refractivity contribution in [2.75, 3.05) is 37.7 Å². The highest BCUT2D eigenvalue weighted by Crippen LogP contribution is 2.22. The van der Waals surface area contributed by atoms with Gasteiger partial charge >= 0.3 is 0 Å². The smallest absolute Gasteiger partial charge is 0.246 e. The van der Waals surface area contributed by atoms with Crippen molar-refractivity contribution in [1.29, 1.82) is 0 Å². The molecule has 2 fully saturated rings. The normalized spacial score (nSPS) is 22.1. The molecule has 1 amide bonds. The summed E-state index contributed by atoms with van der Waals surface area (Å²) in [7, 11) is 0. The molecule has 0 aliphatic carbocycles. The summed E-state index contributed by atoms with van der Waals surface area (Å²) in [4.78, 5) is 16.9. The molecule has 1 aromatic rings. The average Bonchev–Trinajstić information content (AvgIpc) is 2.96. The van der Waals surface area contributed by atoms with Gasteiger partial charge < -0.3 is 9.32 Å². The number of furan rings is 1. The Labute approximate surface area is 136 Å².